The molecule has 2 aromatic heterocycles. The number of aromatic nitrogens is 2. The van der Waals surface area contributed by atoms with E-state index < -0.39 is 49.0 Å². The van der Waals surface area contributed by atoms with Crippen LogP contribution in [0.3, 0.4) is 0 Å². The summed E-state index contributed by atoms with van der Waals surface area (Å²) in [7, 11) is -2.15. The van der Waals surface area contributed by atoms with E-state index >= 15 is 0 Å². The third-order valence-electron chi connectivity index (χ3n) is 9.15. The van der Waals surface area contributed by atoms with Crippen molar-refractivity contribution in [2.45, 2.75) is 117 Å². The number of carbonyl (C=O) groups is 4. The molecule has 0 saturated carbocycles. The average Bonchev–Trinajstić information content (AvgIpc) is 3.37. The van der Waals surface area contributed by atoms with Crippen LogP contribution in [-0.4, -0.2) is 59.5 Å². The standard InChI is InChI=1S/C37H48N4O9Si/c1-11-37(48-28(42)15-16-38-33(45)49-35(3,4)5)25-18-27-29-23(19-41(27)31(43)24(25)20-47-32(37)44)30(51(9,10)12-2)22-17-21(13-14-26(22)40-29)39-34(46)50-36(6,7)8/h13-14,17-18H,11-12,15-16,19-20H2,1-10H3,(H,38,45)(H,39,46). The first-order valence-electron chi connectivity index (χ1n) is 17.3. The van der Waals surface area contributed by atoms with Crippen LogP contribution in [0.15, 0.2) is 29.1 Å². The second-order valence-corrected chi connectivity index (χ2v) is 20.6. The molecule has 5 rings (SSSR count). The van der Waals surface area contributed by atoms with Crippen LogP contribution in [0.25, 0.3) is 22.3 Å². The third kappa shape index (κ3) is 7.51. The number of benzene rings is 1. The molecule has 13 nitrogen and oxygen atoms in total. The number of anilines is 1. The minimum absolute atomic E-state index is 0.0133. The van der Waals surface area contributed by atoms with Gasteiger partial charge in [0.25, 0.3) is 5.56 Å². The number of ether oxygens (including phenoxy) is 4. The van der Waals surface area contributed by atoms with Gasteiger partial charge in [0.1, 0.15) is 17.8 Å². The Hall–Kier alpha value is -4.72. The Kier molecular flexibility index (Phi) is 9.89. The molecule has 14 heteroatoms. The van der Waals surface area contributed by atoms with Crippen LogP contribution >= 0.6 is 0 Å². The van der Waals surface area contributed by atoms with Crippen molar-refractivity contribution in [2.24, 2.45) is 0 Å². The summed E-state index contributed by atoms with van der Waals surface area (Å²) in [5, 5.41) is 7.37. The van der Waals surface area contributed by atoms with E-state index in [1.807, 2.05) is 12.1 Å². The lowest BCUT2D eigenvalue weighted by Crippen LogP contribution is -2.47. The molecule has 2 N–H and O–H groups in total. The van der Waals surface area contributed by atoms with Crippen molar-refractivity contribution in [3.8, 4) is 11.4 Å². The molecular formula is C37H48N4O9Si. The molecule has 0 spiro atoms. The maximum Gasteiger partial charge on any atom is 0.412 e. The lowest BCUT2D eigenvalue weighted by atomic mass is 9.85. The van der Waals surface area contributed by atoms with E-state index in [4.69, 9.17) is 23.9 Å². The molecule has 1 aromatic carbocycles. The Labute approximate surface area is 298 Å². The van der Waals surface area contributed by atoms with Crippen molar-refractivity contribution < 1.29 is 38.1 Å². The molecule has 0 saturated heterocycles. The second kappa shape index (κ2) is 13.4. The molecule has 2 aliphatic rings. The number of fused-ring (bicyclic) bond motifs is 5. The average molecular weight is 721 g/mol. The third-order valence-corrected chi connectivity index (χ3v) is 12.8. The SMILES string of the molecule is CCC1(OC(=O)CCNC(=O)OC(C)(C)C)C(=O)OCc2c1cc1n(c2=O)Cc2c-1nc1ccc(NC(=O)OC(C)(C)C)cc1c2[Si](C)(C)CC. The van der Waals surface area contributed by atoms with Gasteiger partial charge in [-0.3, -0.25) is 14.9 Å². The monoisotopic (exact) mass is 720 g/mol. The van der Waals surface area contributed by atoms with Crippen molar-refractivity contribution >= 4 is 54.0 Å². The zero-order valence-electron chi connectivity index (χ0n) is 31.1. The van der Waals surface area contributed by atoms with Crippen molar-refractivity contribution in [1.82, 2.24) is 14.9 Å². The highest BCUT2D eigenvalue weighted by Crippen LogP contribution is 2.41. The van der Waals surface area contributed by atoms with E-state index in [9.17, 15) is 24.0 Å². The molecule has 0 radical (unpaired) electrons. The zero-order chi connectivity index (χ0) is 37.7. The van der Waals surface area contributed by atoms with Crippen molar-refractivity contribution in [3.05, 3.63) is 51.3 Å². The van der Waals surface area contributed by atoms with E-state index in [-0.39, 0.29) is 49.2 Å². The number of carbonyl (C=O) groups excluding carboxylic acids is 4. The lowest BCUT2D eigenvalue weighted by molar-refractivity contribution is -0.189. The van der Waals surface area contributed by atoms with Gasteiger partial charge < -0.3 is 28.8 Å². The van der Waals surface area contributed by atoms with E-state index in [1.54, 1.807) is 65.2 Å². The summed E-state index contributed by atoms with van der Waals surface area (Å²) in [6, 6.07) is 8.16. The summed E-state index contributed by atoms with van der Waals surface area (Å²) in [4.78, 5) is 70.6. The maximum atomic E-state index is 14.2. The fourth-order valence-corrected chi connectivity index (χ4v) is 8.81. The van der Waals surface area contributed by atoms with Gasteiger partial charge in [0, 0.05) is 23.2 Å². The van der Waals surface area contributed by atoms with Crippen molar-refractivity contribution in [2.75, 3.05) is 11.9 Å². The molecule has 1 atom stereocenters. The van der Waals surface area contributed by atoms with Gasteiger partial charge in [-0.2, -0.15) is 0 Å². The van der Waals surface area contributed by atoms with Crippen LogP contribution in [-0.2, 0) is 47.3 Å². The highest BCUT2D eigenvalue weighted by molar-refractivity contribution is 6.91. The number of alkyl carbamates (subject to hydrolysis) is 1. The summed E-state index contributed by atoms with van der Waals surface area (Å²) in [6.45, 7) is 18.9. The molecule has 1 unspecified atom stereocenters. The molecule has 0 bridgehead atoms. The second-order valence-electron chi connectivity index (χ2n) is 15.6. The van der Waals surface area contributed by atoms with Crippen molar-refractivity contribution in [1.29, 1.82) is 0 Å². The van der Waals surface area contributed by atoms with E-state index in [1.165, 1.54) is 0 Å². The summed E-state index contributed by atoms with van der Waals surface area (Å²) < 4.78 is 23.7. The van der Waals surface area contributed by atoms with Crippen LogP contribution in [0.5, 0.6) is 0 Å². The fraction of sp³-hybridized carbons (Fsp3) is 0.514. The van der Waals surface area contributed by atoms with Gasteiger partial charge in [0.2, 0.25) is 5.60 Å². The first-order chi connectivity index (χ1) is 23.7. The number of hydrogen-bond donors (Lipinski definition) is 2. The normalized spacial score (nSPS) is 16.8. The first kappa shape index (κ1) is 37.5. The summed E-state index contributed by atoms with van der Waals surface area (Å²) in [5.74, 6) is -1.53. The van der Waals surface area contributed by atoms with Gasteiger partial charge in [-0.1, -0.05) is 33.0 Å². The summed E-state index contributed by atoms with van der Waals surface area (Å²) in [5.41, 5.74) is 0.213. The van der Waals surface area contributed by atoms with Crippen molar-refractivity contribution in [3.63, 3.8) is 0 Å². The predicted octanol–water partition coefficient (Wildman–Crippen LogP) is 5.83. The summed E-state index contributed by atoms with van der Waals surface area (Å²) in [6.07, 6.45) is -1.48. The van der Waals surface area contributed by atoms with Gasteiger partial charge in [-0.05, 0) is 83.0 Å². The van der Waals surface area contributed by atoms with E-state index in [0.717, 1.165) is 22.2 Å². The smallest absolute Gasteiger partial charge is 0.412 e. The number of pyridine rings is 2. The Bertz CT molecular complexity index is 1990. The largest absolute Gasteiger partial charge is 0.457 e. The van der Waals surface area contributed by atoms with Gasteiger partial charge in [-0.15, -0.1) is 0 Å². The Morgan fingerprint density at radius 3 is 2.27 bits per heavy atom. The highest BCUT2D eigenvalue weighted by Gasteiger charge is 2.50. The Balaban J connectivity index is 1.56. The van der Waals surface area contributed by atoms with Gasteiger partial charge in [0.05, 0.1) is 43.5 Å². The van der Waals surface area contributed by atoms with Crippen LogP contribution < -0.4 is 21.4 Å². The zero-order valence-corrected chi connectivity index (χ0v) is 32.1. The van der Waals surface area contributed by atoms with Gasteiger partial charge >= 0.3 is 24.1 Å². The number of amides is 2. The lowest BCUT2D eigenvalue weighted by Gasteiger charge is -2.35. The molecule has 4 heterocycles. The van der Waals surface area contributed by atoms with Crippen LogP contribution in [0.2, 0.25) is 19.1 Å². The van der Waals surface area contributed by atoms with E-state index in [2.05, 4.69) is 30.7 Å². The molecule has 274 valence electrons. The quantitative estimate of drug-likeness (QED) is 0.129. The minimum Gasteiger partial charge on any atom is -0.457 e. The molecule has 0 aliphatic carbocycles. The number of hydrogen-bond acceptors (Lipinski definition) is 10. The van der Waals surface area contributed by atoms with Crippen LogP contribution in [0, 0.1) is 0 Å². The Morgan fingerprint density at radius 1 is 0.980 bits per heavy atom. The Morgan fingerprint density at radius 2 is 1.65 bits per heavy atom. The number of esters is 2. The molecule has 51 heavy (non-hydrogen) atoms. The molecule has 3 aromatic rings. The van der Waals surface area contributed by atoms with Crippen LogP contribution in [0.1, 0.15) is 84.9 Å². The summed E-state index contributed by atoms with van der Waals surface area (Å²) >= 11 is 0. The number of nitrogens with zero attached hydrogens (tertiary/aromatic N) is 2. The van der Waals surface area contributed by atoms with Gasteiger partial charge in [0.15, 0.2) is 0 Å². The van der Waals surface area contributed by atoms with Crippen LogP contribution in [0.4, 0.5) is 15.3 Å². The number of nitrogens with one attached hydrogen (secondary N) is 2. The number of rotatable bonds is 8. The topological polar surface area (TPSA) is 164 Å². The van der Waals surface area contributed by atoms with E-state index in [0.29, 0.717) is 22.6 Å². The molecule has 2 aliphatic heterocycles. The molecule has 2 amide bonds. The highest BCUT2D eigenvalue weighted by atomic mass is 28.3. The first-order valence-corrected chi connectivity index (χ1v) is 20.5. The minimum atomic E-state index is -2.15. The predicted molar refractivity (Wildman–Crippen MR) is 195 cm³/mol. The molecule has 0 fully saturated rings. The maximum absolute atomic E-state index is 14.2. The van der Waals surface area contributed by atoms with Gasteiger partial charge in [-0.25, -0.2) is 19.4 Å². The number of cyclic esters (lactones) is 1. The fourth-order valence-electron chi connectivity index (χ4n) is 6.51. The molecular weight excluding hydrogens is 673 g/mol.